The van der Waals surface area contributed by atoms with E-state index < -0.39 is 5.92 Å². The number of carbonyl (C=O) groups excluding carboxylic acids is 3. The topological polar surface area (TPSA) is 79.4 Å². The van der Waals surface area contributed by atoms with Crippen molar-refractivity contribution in [1.82, 2.24) is 9.88 Å². The number of ketones is 1. The number of nitrogens with zero attached hydrogens (tertiary/aromatic N) is 2. The predicted octanol–water partition coefficient (Wildman–Crippen LogP) is 3.63. The molecule has 27 heavy (non-hydrogen) atoms. The summed E-state index contributed by atoms with van der Waals surface area (Å²) < 4.78 is 0. The lowest BCUT2D eigenvalue weighted by molar-refractivity contribution is -0.135. The molecule has 2 heterocycles. The van der Waals surface area contributed by atoms with Gasteiger partial charge in [0, 0.05) is 31.3 Å². The van der Waals surface area contributed by atoms with Crippen LogP contribution in [0.25, 0.3) is 0 Å². The first-order valence-electron chi connectivity index (χ1n) is 8.68. The van der Waals surface area contributed by atoms with Crippen LogP contribution < -0.4 is 5.32 Å². The number of amides is 2. The smallest absolute Gasteiger partial charge is 0.258 e. The van der Waals surface area contributed by atoms with Crippen molar-refractivity contribution in [1.29, 1.82) is 0 Å². The Morgan fingerprint density at radius 3 is 2.81 bits per heavy atom. The van der Waals surface area contributed by atoms with E-state index in [1.807, 2.05) is 19.2 Å². The average molecular weight is 404 g/mol. The van der Waals surface area contributed by atoms with Crippen LogP contribution in [0.4, 0.5) is 5.13 Å². The van der Waals surface area contributed by atoms with E-state index in [4.69, 9.17) is 0 Å². The Balaban J connectivity index is 1.74. The van der Waals surface area contributed by atoms with Gasteiger partial charge in [0.15, 0.2) is 10.9 Å². The molecule has 0 radical (unpaired) electrons. The summed E-state index contributed by atoms with van der Waals surface area (Å²) in [6, 6.07) is 1.73. The maximum absolute atomic E-state index is 12.8. The fourth-order valence-electron chi connectivity index (χ4n) is 3.05. The van der Waals surface area contributed by atoms with E-state index in [1.165, 1.54) is 22.7 Å². The van der Waals surface area contributed by atoms with Crippen molar-refractivity contribution in [2.75, 3.05) is 18.4 Å². The lowest BCUT2D eigenvalue weighted by Crippen LogP contribution is -2.40. The molecule has 1 unspecified atom stereocenters. The minimum Gasteiger partial charge on any atom is -0.339 e. The van der Waals surface area contributed by atoms with Crippen LogP contribution in [0.2, 0.25) is 0 Å². The summed E-state index contributed by atoms with van der Waals surface area (Å²) in [6.45, 7) is 8.72. The van der Waals surface area contributed by atoms with Gasteiger partial charge < -0.3 is 4.90 Å². The number of fused-ring (bicyclic) bond motifs is 1. The normalized spacial score (nSPS) is 15.9. The quantitative estimate of drug-likeness (QED) is 0.747. The van der Waals surface area contributed by atoms with E-state index in [9.17, 15) is 14.4 Å². The number of likely N-dealkylation sites (N-methyl/N-ethyl adjacent to an activating group) is 1. The Labute approximate surface area is 165 Å². The number of hydrogen-bond acceptors (Lipinski definition) is 6. The molecule has 2 aromatic rings. The SMILES string of the molecule is C=C(C)CN(CC)C(=O)C1CC(=O)c2sc(NC(=O)c3ccsc3)nc2C1. The second-order valence-electron chi connectivity index (χ2n) is 6.60. The van der Waals surface area contributed by atoms with Crippen LogP contribution in [0.5, 0.6) is 0 Å². The van der Waals surface area contributed by atoms with Gasteiger partial charge in [0.2, 0.25) is 5.91 Å². The molecule has 0 saturated carbocycles. The molecule has 0 aliphatic heterocycles. The van der Waals surface area contributed by atoms with E-state index in [1.54, 1.807) is 16.3 Å². The lowest BCUT2D eigenvalue weighted by Gasteiger charge is -2.27. The number of thiophene rings is 1. The first kappa shape index (κ1) is 19.4. The van der Waals surface area contributed by atoms with Crippen molar-refractivity contribution in [3.05, 3.63) is 45.1 Å². The number of hydrogen-bond donors (Lipinski definition) is 1. The van der Waals surface area contributed by atoms with E-state index >= 15 is 0 Å². The Morgan fingerprint density at radius 2 is 2.19 bits per heavy atom. The lowest BCUT2D eigenvalue weighted by atomic mass is 9.89. The highest BCUT2D eigenvalue weighted by atomic mass is 32.1. The Bertz CT molecular complexity index is 886. The fourth-order valence-corrected chi connectivity index (χ4v) is 4.62. The second kappa shape index (κ2) is 8.14. The molecule has 142 valence electrons. The average Bonchev–Trinajstić information content (AvgIpc) is 3.28. The molecular formula is C19H21N3O3S2. The maximum atomic E-state index is 12.8. The third kappa shape index (κ3) is 4.33. The Morgan fingerprint density at radius 1 is 1.41 bits per heavy atom. The van der Waals surface area contributed by atoms with Crippen LogP contribution in [0.3, 0.4) is 0 Å². The standard InChI is InChI=1S/C19H21N3O3S2/c1-4-22(9-11(2)3)18(25)13-7-14-16(15(23)8-13)27-19(20-14)21-17(24)12-5-6-26-10-12/h5-6,10,13H,2,4,7-9H2,1,3H3,(H,20,21,24). The van der Waals surface area contributed by atoms with E-state index in [-0.39, 0.29) is 24.0 Å². The van der Waals surface area contributed by atoms with Crippen molar-refractivity contribution in [2.24, 2.45) is 5.92 Å². The van der Waals surface area contributed by atoms with Crippen LogP contribution in [-0.4, -0.2) is 40.6 Å². The highest BCUT2D eigenvalue weighted by Gasteiger charge is 2.35. The minimum atomic E-state index is -0.410. The van der Waals surface area contributed by atoms with Crippen molar-refractivity contribution in [3.63, 3.8) is 0 Å². The molecule has 0 spiro atoms. The molecule has 1 N–H and O–H groups in total. The van der Waals surface area contributed by atoms with Crippen molar-refractivity contribution in [3.8, 4) is 0 Å². The summed E-state index contributed by atoms with van der Waals surface area (Å²) in [5, 5.41) is 6.72. The summed E-state index contributed by atoms with van der Waals surface area (Å²) >= 11 is 2.62. The van der Waals surface area contributed by atoms with Gasteiger partial charge in [-0.15, -0.1) is 0 Å². The molecule has 0 saturated heterocycles. The van der Waals surface area contributed by atoms with Gasteiger partial charge in [-0.05, 0) is 25.3 Å². The molecule has 2 aromatic heterocycles. The monoisotopic (exact) mass is 403 g/mol. The molecular weight excluding hydrogens is 382 g/mol. The van der Waals surface area contributed by atoms with Crippen molar-refractivity contribution in [2.45, 2.75) is 26.7 Å². The number of thiazole rings is 1. The van der Waals surface area contributed by atoms with Gasteiger partial charge in [0.1, 0.15) is 0 Å². The van der Waals surface area contributed by atoms with Crippen LogP contribution in [0.15, 0.2) is 29.0 Å². The van der Waals surface area contributed by atoms with Crippen LogP contribution in [0, 0.1) is 5.92 Å². The zero-order valence-electron chi connectivity index (χ0n) is 15.3. The van der Waals surface area contributed by atoms with Crippen LogP contribution in [-0.2, 0) is 11.2 Å². The van der Waals surface area contributed by atoms with E-state index in [0.29, 0.717) is 40.8 Å². The summed E-state index contributed by atoms with van der Waals surface area (Å²) in [6.07, 6.45) is 0.593. The molecule has 6 nitrogen and oxygen atoms in total. The van der Waals surface area contributed by atoms with Gasteiger partial charge in [-0.2, -0.15) is 11.3 Å². The van der Waals surface area contributed by atoms with Crippen molar-refractivity contribution >= 4 is 45.4 Å². The van der Waals surface area contributed by atoms with Gasteiger partial charge in [0.25, 0.3) is 5.91 Å². The molecule has 1 atom stereocenters. The van der Waals surface area contributed by atoms with E-state index in [0.717, 1.165) is 5.57 Å². The minimum absolute atomic E-state index is 0.0450. The van der Waals surface area contributed by atoms with Crippen LogP contribution >= 0.6 is 22.7 Å². The molecule has 2 amide bonds. The Kier molecular flexibility index (Phi) is 5.86. The third-order valence-corrected chi connectivity index (χ3v) is 6.07. The third-order valence-electron chi connectivity index (χ3n) is 4.33. The molecule has 8 heteroatoms. The summed E-state index contributed by atoms with van der Waals surface area (Å²) in [4.78, 5) is 44.2. The number of rotatable bonds is 6. The molecule has 0 bridgehead atoms. The molecule has 0 aromatic carbocycles. The first-order chi connectivity index (χ1) is 12.9. The van der Waals surface area contributed by atoms with Gasteiger partial charge >= 0.3 is 0 Å². The Hall–Kier alpha value is -2.32. The molecule has 1 aliphatic rings. The first-order valence-corrected chi connectivity index (χ1v) is 10.4. The molecule has 0 fully saturated rings. The van der Waals surface area contributed by atoms with Gasteiger partial charge in [0.05, 0.1) is 22.1 Å². The number of carbonyl (C=O) groups is 3. The highest BCUT2D eigenvalue weighted by Crippen LogP contribution is 2.33. The molecule has 3 rings (SSSR count). The number of nitrogens with one attached hydrogen (secondary N) is 1. The fraction of sp³-hybridized carbons (Fsp3) is 0.368. The summed E-state index contributed by atoms with van der Waals surface area (Å²) in [5.74, 6) is -0.793. The van der Waals surface area contributed by atoms with Gasteiger partial charge in [-0.25, -0.2) is 4.98 Å². The van der Waals surface area contributed by atoms with Gasteiger partial charge in [-0.1, -0.05) is 23.5 Å². The maximum Gasteiger partial charge on any atom is 0.258 e. The highest BCUT2D eigenvalue weighted by molar-refractivity contribution is 7.17. The predicted molar refractivity (Wildman–Crippen MR) is 108 cm³/mol. The summed E-state index contributed by atoms with van der Waals surface area (Å²) in [7, 11) is 0. The molecule has 1 aliphatic carbocycles. The summed E-state index contributed by atoms with van der Waals surface area (Å²) in [5.41, 5.74) is 2.06. The zero-order chi connectivity index (χ0) is 19.6. The number of Topliss-reactive ketones (excluding diaryl/α,β-unsaturated/α-hetero) is 1. The van der Waals surface area contributed by atoms with E-state index in [2.05, 4.69) is 16.9 Å². The zero-order valence-corrected chi connectivity index (χ0v) is 16.9. The number of aromatic nitrogens is 1. The second-order valence-corrected chi connectivity index (χ2v) is 8.38. The largest absolute Gasteiger partial charge is 0.339 e. The van der Waals surface area contributed by atoms with Crippen molar-refractivity contribution < 1.29 is 14.4 Å². The number of anilines is 1. The van der Waals surface area contributed by atoms with Gasteiger partial charge in [-0.3, -0.25) is 19.7 Å². The van der Waals surface area contributed by atoms with Crippen LogP contribution in [0.1, 0.15) is 46.0 Å².